The third kappa shape index (κ3) is 5.01. The van der Waals surface area contributed by atoms with E-state index in [0.717, 1.165) is 0 Å². The minimum atomic E-state index is -0.679. The van der Waals surface area contributed by atoms with E-state index < -0.39 is 5.97 Å². The van der Waals surface area contributed by atoms with Crippen molar-refractivity contribution in [3.63, 3.8) is 0 Å². The van der Waals surface area contributed by atoms with Gasteiger partial charge in [0.05, 0.1) is 12.3 Å². The van der Waals surface area contributed by atoms with Gasteiger partial charge in [0.1, 0.15) is 12.4 Å². The van der Waals surface area contributed by atoms with Gasteiger partial charge in [0.25, 0.3) is 0 Å². The monoisotopic (exact) mass is 282 g/mol. The van der Waals surface area contributed by atoms with E-state index in [4.69, 9.17) is 21.1 Å². The molecule has 1 N–H and O–H groups in total. The largest absolute Gasteiger partial charge is 0.487 e. The van der Waals surface area contributed by atoms with Crippen LogP contribution >= 0.6 is 11.6 Å². The SMILES string of the molecule is C=CCOc1ccccc1N/N=C(/Cl)C(=O)OCC. The van der Waals surface area contributed by atoms with Crippen molar-refractivity contribution >= 4 is 28.4 Å². The molecule has 0 fully saturated rings. The Labute approximate surface area is 116 Å². The van der Waals surface area contributed by atoms with Crippen LogP contribution in [0.15, 0.2) is 42.0 Å². The zero-order chi connectivity index (χ0) is 14.1. The molecule has 102 valence electrons. The minimum Gasteiger partial charge on any atom is -0.487 e. The molecule has 0 unspecified atom stereocenters. The summed E-state index contributed by atoms with van der Waals surface area (Å²) in [6.45, 7) is 5.87. The van der Waals surface area contributed by atoms with Crippen LogP contribution in [-0.4, -0.2) is 24.4 Å². The van der Waals surface area contributed by atoms with Crippen LogP contribution in [0.25, 0.3) is 0 Å². The number of para-hydroxylation sites is 2. The van der Waals surface area contributed by atoms with Gasteiger partial charge in [-0.25, -0.2) is 4.79 Å². The molecular formula is C13H15ClN2O3. The van der Waals surface area contributed by atoms with E-state index in [1.165, 1.54) is 0 Å². The number of hydrogen-bond donors (Lipinski definition) is 1. The molecule has 1 rings (SSSR count). The Balaban J connectivity index is 2.73. The molecular weight excluding hydrogens is 268 g/mol. The number of rotatable bonds is 7. The summed E-state index contributed by atoms with van der Waals surface area (Å²) in [7, 11) is 0. The molecule has 5 nitrogen and oxygen atoms in total. The number of halogens is 1. The molecule has 0 spiro atoms. The number of hydrazone groups is 1. The van der Waals surface area contributed by atoms with Crippen LogP contribution < -0.4 is 10.2 Å². The van der Waals surface area contributed by atoms with Crippen molar-refractivity contribution in [2.45, 2.75) is 6.92 Å². The number of hydrogen-bond acceptors (Lipinski definition) is 5. The van der Waals surface area contributed by atoms with Crippen molar-refractivity contribution in [2.75, 3.05) is 18.6 Å². The number of anilines is 1. The van der Waals surface area contributed by atoms with Gasteiger partial charge >= 0.3 is 5.97 Å². The number of nitrogens with zero attached hydrogens (tertiary/aromatic N) is 1. The summed E-state index contributed by atoms with van der Waals surface area (Å²) >= 11 is 5.67. The minimum absolute atomic E-state index is 0.240. The molecule has 19 heavy (non-hydrogen) atoms. The normalized spacial score (nSPS) is 10.7. The second kappa shape index (κ2) is 8.16. The number of benzene rings is 1. The molecule has 0 heterocycles. The van der Waals surface area contributed by atoms with Gasteiger partial charge in [-0.15, -0.1) is 0 Å². The van der Waals surface area contributed by atoms with Gasteiger partial charge in [-0.1, -0.05) is 36.4 Å². The number of carbonyl (C=O) groups excluding carboxylic acids is 1. The van der Waals surface area contributed by atoms with Gasteiger partial charge < -0.3 is 9.47 Å². The first kappa shape index (κ1) is 15.0. The van der Waals surface area contributed by atoms with Crippen molar-refractivity contribution in [1.82, 2.24) is 0 Å². The Morgan fingerprint density at radius 1 is 1.53 bits per heavy atom. The lowest BCUT2D eigenvalue weighted by molar-refractivity contribution is -0.134. The Bertz CT molecular complexity index is 475. The summed E-state index contributed by atoms with van der Waals surface area (Å²) in [4.78, 5) is 11.3. The molecule has 0 radical (unpaired) electrons. The zero-order valence-corrected chi connectivity index (χ0v) is 11.3. The third-order valence-corrected chi connectivity index (χ3v) is 2.20. The van der Waals surface area contributed by atoms with Crippen LogP contribution in [0.5, 0.6) is 5.75 Å². The fraction of sp³-hybridized carbons (Fsp3) is 0.231. The fourth-order valence-electron chi connectivity index (χ4n) is 1.18. The van der Waals surface area contributed by atoms with E-state index in [9.17, 15) is 4.79 Å². The van der Waals surface area contributed by atoms with Crippen molar-refractivity contribution < 1.29 is 14.3 Å². The molecule has 0 saturated heterocycles. The second-order valence-electron chi connectivity index (χ2n) is 3.33. The zero-order valence-electron chi connectivity index (χ0n) is 10.6. The molecule has 1 aromatic carbocycles. The van der Waals surface area contributed by atoms with Crippen LogP contribution in [0, 0.1) is 0 Å². The topological polar surface area (TPSA) is 59.9 Å². The van der Waals surface area contributed by atoms with Crippen LogP contribution in [0.1, 0.15) is 6.92 Å². The molecule has 0 amide bonds. The van der Waals surface area contributed by atoms with E-state index in [-0.39, 0.29) is 11.8 Å². The van der Waals surface area contributed by atoms with Crippen LogP contribution in [0.4, 0.5) is 5.69 Å². The highest BCUT2D eigenvalue weighted by Crippen LogP contribution is 2.23. The van der Waals surface area contributed by atoms with Crippen LogP contribution in [0.2, 0.25) is 0 Å². The molecule has 0 atom stereocenters. The van der Waals surface area contributed by atoms with E-state index in [1.807, 2.05) is 6.07 Å². The number of ether oxygens (including phenoxy) is 2. The van der Waals surface area contributed by atoms with Crippen LogP contribution in [-0.2, 0) is 9.53 Å². The lowest BCUT2D eigenvalue weighted by Gasteiger charge is -2.09. The van der Waals surface area contributed by atoms with E-state index >= 15 is 0 Å². The maximum Gasteiger partial charge on any atom is 0.370 e. The average molecular weight is 283 g/mol. The Morgan fingerprint density at radius 2 is 2.26 bits per heavy atom. The summed E-state index contributed by atoms with van der Waals surface area (Å²) in [6.07, 6.45) is 1.63. The van der Waals surface area contributed by atoms with Gasteiger partial charge in [-0.2, -0.15) is 5.10 Å². The smallest absolute Gasteiger partial charge is 0.370 e. The summed E-state index contributed by atoms with van der Waals surface area (Å²) in [6, 6.07) is 7.13. The first-order chi connectivity index (χ1) is 9.19. The number of esters is 1. The summed E-state index contributed by atoms with van der Waals surface area (Å²) < 4.78 is 10.1. The maximum absolute atomic E-state index is 11.3. The highest BCUT2D eigenvalue weighted by atomic mass is 35.5. The molecule has 6 heteroatoms. The lowest BCUT2D eigenvalue weighted by atomic mass is 10.3. The molecule has 0 saturated carbocycles. The number of carbonyl (C=O) groups is 1. The standard InChI is InChI=1S/C13H15ClN2O3/c1-3-9-19-11-8-6-5-7-10(11)15-16-12(14)13(17)18-4-2/h3,5-8,15H,1,4,9H2,2H3/b16-12+. The first-order valence-electron chi connectivity index (χ1n) is 5.68. The predicted octanol–water partition coefficient (Wildman–Crippen LogP) is 2.78. The molecule has 0 aliphatic heterocycles. The van der Waals surface area contributed by atoms with Crippen molar-refractivity contribution in [3.8, 4) is 5.75 Å². The Hall–Kier alpha value is -2.01. The van der Waals surface area contributed by atoms with Crippen molar-refractivity contribution in [3.05, 3.63) is 36.9 Å². The first-order valence-corrected chi connectivity index (χ1v) is 6.05. The van der Waals surface area contributed by atoms with Crippen molar-refractivity contribution in [2.24, 2.45) is 5.10 Å². The second-order valence-corrected chi connectivity index (χ2v) is 3.69. The Kier molecular flexibility index (Phi) is 6.46. The van der Waals surface area contributed by atoms with E-state index in [1.54, 1.807) is 31.2 Å². The van der Waals surface area contributed by atoms with Gasteiger partial charge in [0.2, 0.25) is 5.17 Å². The van der Waals surface area contributed by atoms with Crippen LogP contribution in [0.3, 0.4) is 0 Å². The summed E-state index contributed by atoms with van der Waals surface area (Å²) in [5.74, 6) is -0.0966. The van der Waals surface area contributed by atoms with E-state index in [0.29, 0.717) is 18.0 Å². The summed E-state index contributed by atoms with van der Waals surface area (Å²) in [5.41, 5.74) is 3.25. The van der Waals surface area contributed by atoms with Crippen molar-refractivity contribution in [1.29, 1.82) is 0 Å². The molecule has 0 aromatic heterocycles. The molecule has 0 bridgehead atoms. The lowest BCUT2D eigenvalue weighted by Crippen LogP contribution is -2.13. The van der Waals surface area contributed by atoms with Gasteiger partial charge in [-0.05, 0) is 19.1 Å². The molecule has 0 aliphatic carbocycles. The van der Waals surface area contributed by atoms with Gasteiger partial charge in [0, 0.05) is 0 Å². The quantitative estimate of drug-likeness (QED) is 0.362. The average Bonchev–Trinajstić information content (AvgIpc) is 2.43. The highest BCUT2D eigenvalue weighted by molar-refractivity contribution is 6.82. The van der Waals surface area contributed by atoms with Gasteiger partial charge in [-0.3, -0.25) is 5.43 Å². The maximum atomic E-state index is 11.3. The summed E-state index contributed by atoms with van der Waals surface area (Å²) in [5, 5.41) is 3.46. The number of nitrogens with one attached hydrogen (secondary N) is 1. The Morgan fingerprint density at radius 3 is 2.95 bits per heavy atom. The molecule has 1 aromatic rings. The van der Waals surface area contributed by atoms with E-state index in [2.05, 4.69) is 17.1 Å². The van der Waals surface area contributed by atoms with Gasteiger partial charge in [0.15, 0.2) is 0 Å². The molecule has 0 aliphatic rings. The third-order valence-electron chi connectivity index (χ3n) is 1.96. The fourth-order valence-corrected chi connectivity index (χ4v) is 1.28. The predicted molar refractivity (Wildman–Crippen MR) is 75.7 cm³/mol. The highest BCUT2D eigenvalue weighted by Gasteiger charge is 2.09.